The number of halogens is 3. The lowest BCUT2D eigenvalue weighted by Crippen LogP contribution is -2.14. The molecule has 0 fully saturated rings. The molecule has 1 heterocycles. The minimum atomic E-state index is -0.741. The zero-order valence-electron chi connectivity index (χ0n) is 13.7. The molecular weight excluding hydrogens is 390 g/mol. The van der Waals surface area contributed by atoms with E-state index in [0.29, 0.717) is 21.4 Å². The van der Waals surface area contributed by atoms with Crippen LogP contribution in [0.3, 0.4) is 0 Å². The van der Waals surface area contributed by atoms with E-state index < -0.39 is 11.7 Å². The van der Waals surface area contributed by atoms with Gasteiger partial charge in [-0.05, 0) is 42.5 Å². The van der Waals surface area contributed by atoms with Gasteiger partial charge >= 0.3 is 0 Å². The number of hydrogen-bond donors (Lipinski definition) is 1. The van der Waals surface area contributed by atoms with Crippen LogP contribution in [0.1, 0.15) is 5.76 Å². The lowest BCUT2D eigenvalue weighted by Gasteiger charge is -2.04. The molecule has 134 valence electrons. The van der Waals surface area contributed by atoms with Crippen LogP contribution in [0.4, 0.5) is 10.1 Å². The van der Waals surface area contributed by atoms with Crippen molar-refractivity contribution in [2.45, 2.75) is 0 Å². The van der Waals surface area contributed by atoms with Gasteiger partial charge in [-0.1, -0.05) is 35.3 Å². The molecule has 0 bridgehead atoms. The Bertz CT molecular complexity index is 1080. The van der Waals surface area contributed by atoms with Crippen LogP contribution in [-0.4, -0.2) is 5.91 Å². The molecule has 0 aliphatic carbocycles. The van der Waals surface area contributed by atoms with Crippen LogP contribution in [0.2, 0.25) is 10.0 Å². The Morgan fingerprint density at radius 1 is 1.11 bits per heavy atom. The molecule has 3 aromatic rings. The van der Waals surface area contributed by atoms with Crippen LogP contribution in [0.15, 0.2) is 64.6 Å². The summed E-state index contributed by atoms with van der Waals surface area (Å²) in [5.41, 5.74) is 0.450. The van der Waals surface area contributed by atoms with E-state index in [1.54, 1.807) is 42.5 Å². The Labute approximate surface area is 164 Å². The average molecular weight is 401 g/mol. The second-order valence-electron chi connectivity index (χ2n) is 5.43. The lowest BCUT2D eigenvalue weighted by atomic mass is 10.2. The maximum absolute atomic E-state index is 13.6. The highest BCUT2D eigenvalue weighted by molar-refractivity contribution is 6.42. The summed E-state index contributed by atoms with van der Waals surface area (Å²) in [5, 5.41) is 12.4. The third kappa shape index (κ3) is 4.37. The average Bonchev–Trinajstić information content (AvgIpc) is 3.12. The molecule has 2 aromatic carbocycles. The number of nitrogens with one attached hydrogen (secondary N) is 1. The van der Waals surface area contributed by atoms with Crippen molar-refractivity contribution >= 4 is 40.9 Å². The lowest BCUT2D eigenvalue weighted by molar-refractivity contribution is -0.112. The summed E-state index contributed by atoms with van der Waals surface area (Å²) in [4.78, 5) is 12.2. The van der Waals surface area contributed by atoms with E-state index >= 15 is 0 Å². The van der Waals surface area contributed by atoms with Crippen LogP contribution < -0.4 is 5.32 Å². The summed E-state index contributed by atoms with van der Waals surface area (Å²) < 4.78 is 19.3. The van der Waals surface area contributed by atoms with E-state index in [-0.39, 0.29) is 17.0 Å². The van der Waals surface area contributed by atoms with Gasteiger partial charge in [0.25, 0.3) is 5.91 Å². The van der Waals surface area contributed by atoms with Gasteiger partial charge in [-0.2, -0.15) is 5.26 Å². The number of carbonyl (C=O) groups is 1. The van der Waals surface area contributed by atoms with Gasteiger partial charge in [0, 0.05) is 11.6 Å². The highest BCUT2D eigenvalue weighted by Crippen LogP contribution is 2.30. The van der Waals surface area contributed by atoms with Crippen molar-refractivity contribution in [1.82, 2.24) is 0 Å². The zero-order chi connectivity index (χ0) is 19.4. The van der Waals surface area contributed by atoms with Crippen molar-refractivity contribution in [3.8, 4) is 17.4 Å². The van der Waals surface area contributed by atoms with Crippen LogP contribution in [0.5, 0.6) is 0 Å². The van der Waals surface area contributed by atoms with Crippen molar-refractivity contribution in [3.05, 3.63) is 81.8 Å². The van der Waals surface area contributed by atoms with Crippen molar-refractivity contribution in [3.63, 3.8) is 0 Å². The Morgan fingerprint density at radius 2 is 1.89 bits per heavy atom. The predicted octanol–water partition coefficient (Wildman–Crippen LogP) is 5.94. The molecule has 0 aliphatic heterocycles. The molecule has 4 nitrogen and oxygen atoms in total. The standard InChI is InChI=1S/C20H11Cl2FN2O2/c21-15-7-5-12(10-16(15)22)19-8-6-14(27-19)9-13(11-24)20(26)25-18-4-2-1-3-17(18)23/h1-10H,(H,25,26)/b13-9+. The minimum Gasteiger partial charge on any atom is -0.457 e. The second kappa shape index (κ2) is 8.09. The number of amides is 1. The Kier molecular flexibility index (Phi) is 5.60. The maximum Gasteiger partial charge on any atom is 0.266 e. The second-order valence-corrected chi connectivity index (χ2v) is 6.25. The minimum absolute atomic E-state index is 0.0143. The highest BCUT2D eigenvalue weighted by atomic mass is 35.5. The molecular formula is C20H11Cl2FN2O2. The first-order chi connectivity index (χ1) is 13.0. The molecule has 1 amide bonds. The number of nitriles is 1. The monoisotopic (exact) mass is 400 g/mol. The molecule has 0 saturated carbocycles. The summed E-state index contributed by atoms with van der Waals surface area (Å²) >= 11 is 11.9. The molecule has 1 N–H and O–H groups in total. The van der Waals surface area contributed by atoms with E-state index in [4.69, 9.17) is 27.6 Å². The van der Waals surface area contributed by atoms with Gasteiger partial charge in [-0.3, -0.25) is 4.79 Å². The third-order valence-electron chi connectivity index (χ3n) is 3.60. The number of para-hydroxylation sites is 1. The summed E-state index contributed by atoms with van der Waals surface area (Å²) in [6.45, 7) is 0. The number of anilines is 1. The van der Waals surface area contributed by atoms with Crippen LogP contribution in [0, 0.1) is 17.1 Å². The number of nitrogens with zero attached hydrogens (tertiary/aromatic N) is 1. The number of carbonyl (C=O) groups excluding carboxylic acids is 1. The number of hydrogen-bond acceptors (Lipinski definition) is 3. The molecule has 0 atom stereocenters. The van der Waals surface area contributed by atoms with Gasteiger partial charge in [-0.15, -0.1) is 0 Å². The Morgan fingerprint density at radius 3 is 2.59 bits per heavy atom. The SMILES string of the molecule is N#C/C(=C\c1ccc(-c2ccc(Cl)c(Cl)c2)o1)C(=O)Nc1ccccc1F. The quantitative estimate of drug-likeness (QED) is 0.435. The van der Waals surface area contributed by atoms with Crippen molar-refractivity contribution in [2.75, 3.05) is 5.32 Å². The fourth-order valence-corrected chi connectivity index (χ4v) is 2.58. The number of rotatable bonds is 4. The maximum atomic E-state index is 13.6. The summed E-state index contributed by atoms with van der Waals surface area (Å²) in [6, 6.07) is 15.8. The first-order valence-corrected chi connectivity index (χ1v) is 8.46. The Balaban J connectivity index is 1.83. The summed E-state index contributed by atoms with van der Waals surface area (Å²) in [5.74, 6) is -0.555. The van der Waals surface area contributed by atoms with Crippen molar-refractivity contribution in [2.24, 2.45) is 0 Å². The number of benzene rings is 2. The molecule has 27 heavy (non-hydrogen) atoms. The Hall–Kier alpha value is -3.07. The first kappa shape index (κ1) is 18.7. The molecule has 3 rings (SSSR count). The van der Waals surface area contributed by atoms with E-state index in [1.165, 1.54) is 24.3 Å². The van der Waals surface area contributed by atoms with E-state index in [1.807, 2.05) is 0 Å². The van der Waals surface area contributed by atoms with Gasteiger partial charge in [0.2, 0.25) is 0 Å². The van der Waals surface area contributed by atoms with Crippen LogP contribution in [-0.2, 0) is 4.79 Å². The van der Waals surface area contributed by atoms with Crippen molar-refractivity contribution < 1.29 is 13.6 Å². The highest BCUT2D eigenvalue weighted by Gasteiger charge is 2.13. The van der Waals surface area contributed by atoms with E-state index in [9.17, 15) is 14.4 Å². The smallest absolute Gasteiger partial charge is 0.266 e. The van der Waals surface area contributed by atoms with Crippen molar-refractivity contribution in [1.29, 1.82) is 5.26 Å². The topological polar surface area (TPSA) is 66.0 Å². The molecule has 1 aromatic heterocycles. The third-order valence-corrected chi connectivity index (χ3v) is 4.34. The van der Waals surface area contributed by atoms with Crippen LogP contribution >= 0.6 is 23.2 Å². The van der Waals surface area contributed by atoms with Crippen LogP contribution in [0.25, 0.3) is 17.4 Å². The zero-order valence-corrected chi connectivity index (χ0v) is 15.2. The molecule has 7 heteroatoms. The fourth-order valence-electron chi connectivity index (χ4n) is 2.28. The molecule has 0 saturated heterocycles. The molecule has 0 unspecified atom stereocenters. The van der Waals surface area contributed by atoms with Gasteiger partial charge in [-0.25, -0.2) is 4.39 Å². The first-order valence-electron chi connectivity index (χ1n) is 7.71. The fraction of sp³-hybridized carbons (Fsp3) is 0. The van der Waals surface area contributed by atoms with E-state index in [0.717, 1.165) is 0 Å². The predicted molar refractivity (Wildman–Crippen MR) is 103 cm³/mol. The molecule has 0 spiro atoms. The van der Waals surface area contributed by atoms with Gasteiger partial charge in [0.05, 0.1) is 15.7 Å². The summed E-state index contributed by atoms with van der Waals surface area (Å²) in [7, 11) is 0. The van der Waals surface area contributed by atoms with E-state index in [2.05, 4.69) is 5.32 Å². The van der Waals surface area contributed by atoms with Gasteiger partial charge in [0.1, 0.15) is 29.0 Å². The van der Waals surface area contributed by atoms with Gasteiger partial charge in [0.15, 0.2) is 0 Å². The van der Waals surface area contributed by atoms with Gasteiger partial charge < -0.3 is 9.73 Å². The number of furan rings is 1. The molecule has 0 radical (unpaired) electrons. The molecule has 0 aliphatic rings. The normalized spacial score (nSPS) is 11.1. The summed E-state index contributed by atoms with van der Waals surface area (Å²) in [6.07, 6.45) is 1.28. The largest absolute Gasteiger partial charge is 0.457 e.